The Labute approximate surface area is 150 Å². The van der Waals surface area contributed by atoms with Crippen molar-refractivity contribution in [2.45, 2.75) is 45.1 Å². The van der Waals surface area contributed by atoms with Crippen LogP contribution in [0.2, 0.25) is 0 Å². The van der Waals surface area contributed by atoms with Gasteiger partial charge in [-0.25, -0.2) is 0 Å². The summed E-state index contributed by atoms with van der Waals surface area (Å²) in [6.07, 6.45) is 6.38. The molecule has 1 saturated heterocycles. The van der Waals surface area contributed by atoms with Gasteiger partial charge in [0.25, 0.3) is 0 Å². The monoisotopic (exact) mass is 342 g/mol. The smallest absolute Gasteiger partial charge is 0.119 e. The van der Waals surface area contributed by atoms with Crippen LogP contribution in [0.5, 0.6) is 5.75 Å². The minimum atomic E-state index is -0.616. The Kier molecular flexibility index (Phi) is 5.60. The molecule has 2 N–H and O–H groups in total. The Hall–Kier alpha value is -1.65. The molecule has 1 aromatic carbocycles. The maximum Gasteiger partial charge on any atom is 0.119 e. The van der Waals surface area contributed by atoms with Crippen LogP contribution in [0.25, 0.3) is 10.9 Å². The van der Waals surface area contributed by atoms with Crippen molar-refractivity contribution >= 4 is 10.9 Å². The summed E-state index contributed by atoms with van der Waals surface area (Å²) in [5, 5.41) is 15.1. The summed E-state index contributed by atoms with van der Waals surface area (Å²) < 4.78 is 5.37. The van der Waals surface area contributed by atoms with E-state index < -0.39 is 5.60 Å². The highest BCUT2D eigenvalue weighted by Gasteiger charge is 2.35. The Bertz CT molecular complexity index is 709. The normalized spacial score (nSPS) is 21.4. The maximum absolute atomic E-state index is 10.5. The third-order valence-electron chi connectivity index (χ3n) is 5.59. The first-order valence-electron chi connectivity index (χ1n) is 9.34. The van der Waals surface area contributed by atoms with Gasteiger partial charge in [0.05, 0.1) is 18.2 Å². The molecular formula is C21H30N2O2. The average molecular weight is 342 g/mol. The van der Waals surface area contributed by atoms with Crippen LogP contribution in [0.4, 0.5) is 0 Å². The lowest BCUT2D eigenvalue weighted by Gasteiger charge is -2.39. The minimum Gasteiger partial charge on any atom is -0.497 e. The zero-order valence-corrected chi connectivity index (χ0v) is 15.6. The van der Waals surface area contributed by atoms with Gasteiger partial charge < -0.3 is 15.2 Å². The predicted octanol–water partition coefficient (Wildman–Crippen LogP) is 3.56. The summed E-state index contributed by atoms with van der Waals surface area (Å²) in [5.41, 5.74) is 1.74. The van der Waals surface area contributed by atoms with Gasteiger partial charge in [-0.15, -0.1) is 0 Å². The number of methoxy groups -OCH3 is 1. The molecule has 1 aromatic heterocycles. The maximum atomic E-state index is 10.5. The highest BCUT2D eigenvalue weighted by Crippen LogP contribution is 2.33. The predicted molar refractivity (Wildman–Crippen MR) is 102 cm³/mol. The molecule has 0 bridgehead atoms. The van der Waals surface area contributed by atoms with E-state index in [1.165, 1.54) is 10.9 Å². The fourth-order valence-corrected chi connectivity index (χ4v) is 4.17. The molecule has 25 heavy (non-hydrogen) atoms. The van der Waals surface area contributed by atoms with Crippen LogP contribution in [-0.4, -0.2) is 35.9 Å². The second-order valence-electron chi connectivity index (χ2n) is 7.76. The lowest BCUT2D eigenvalue weighted by Crippen LogP contribution is -2.47. The number of hydrogen-bond donors (Lipinski definition) is 2. The molecule has 3 rings (SSSR count). The number of pyridine rings is 1. The van der Waals surface area contributed by atoms with Crippen LogP contribution < -0.4 is 10.1 Å². The Morgan fingerprint density at radius 1 is 1.32 bits per heavy atom. The zero-order valence-electron chi connectivity index (χ0n) is 15.6. The highest BCUT2D eigenvalue weighted by molar-refractivity contribution is 5.83. The molecule has 2 heterocycles. The SMILES string of the molecule is COc1ccc2nccc(CCC[C@H]3CCNC[C@@H]3C(C)(C)O)c2c1. The number of aliphatic hydroxyl groups is 1. The molecule has 1 fully saturated rings. The number of hydrogen-bond acceptors (Lipinski definition) is 4. The molecule has 4 nitrogen and oxygen atoms in total. The number of piperidine rings is 1. The third-order valence-corrected chi connectivity index (χ3v) is 5.59. The Morgan fingerprint density at radius 2 is 2.16 bits per heavy atom. The summed E-state index contributed by atoms with van der Waals surface area (Å²) >= 11 is 0. The summed E-state index contributed by atoms with van der Waals surface area (Å²) in [6, 6.07) is 8.19. The van der Waals surface area contributed by atoms with Crippen molar-refractivity contribution in [2.75, 3.05) is 20.2 Å². The van der Waals surface area contributed by atoms with Crippen LogP contribution >= 0.6 is 0 Å². The first kappa shape index (κ1) is 18.2. The number of nitrogens with one attached hydrogen (secondary N) is 1. The minimum absolute atomic E-state index is 0.329. The van der Waals surface area contributed by atoms with Gasteiger partial charge in [-0.2, -0.15) is 0 Å². The first-order valence-corrected chi connectivity index (χ1v) is 9.34. The van der Waals surface area contributed by atoms with Crippen LogP contribution in [-0.2, 0) is 6.42 Å². The van der Waals surface area contributed by atoms with E-state index in [2.05, 4.69) is 22.4 Å². The standard InChI is InChI=1S/C21H30N2O2/c1-21(2,24)19-14-22-11-9-16(19)6-4-5-15-10-12-23-20-8-7-17(25-3)13-18(15)20/h7-8,10,12-13,16,19,22,24H,4-6,9,11,14H2,1-3H3/t16-,19-/m0/s1. The zero-order chi connectivity index (χ0) is 17.9. The molecule has 136 valence electrons. The number of fused-ring (bicyclic) bond motifs is 1. The summed E-state index contributed by atoms with van der Waals surface area (Å²) in [5.74, 6) is 1.79. The molecule has 2 atom stereocenters. The van der Waals surface area contributed by atoms with E-state index in [1.807, 2.05) is 32.2 Å². The second-order valence-corrected chi connectivity index (χ2v) is 7.76. The van der Waals surface area contributed by atoms with Gasteiger partial charge in [0.1, 0.15) is 5.75 Å². The van der Waals surface area contributed by atoms with Gasteiger partial charge in [-0.1, -0.05) is 0 Å². The van der Waals surface area contributed by atoms with Crippen molar-refractivity contribution in [1.82, 2.24) is 10.3 Å². The Morgan fingerprint density at radius 3 is 2.92 bits per heavy atom. The molecule has 2 aromatic rings. The van der Waals surface area contributed by atoms with E-state index in [9.17, 15) is 5.11 Å². The van der Waals surface area contributed by atoms with Crippen molar-refractivity contribution in [1.29, 1.82) is 0 Å². The number of aromatic nitrogens is 1. The van der Waals surface area contributed by atoms with Crippen molar-refractivity contribution < 1.29 is 9.84 Å². The first-order chi connectivity index (χ1) is 12.0. The van der Waals surface area contributed by atoms with Gasteiger partial charge in [0.2, 0.25) is 0 Å². The van der Waals surface area contributed by atoms with Crippen LogP contribution in [0.15, 0.2) is 30.5 Å². The van der Waals surface area contributed by atoms with E-state index in [-0.39, 0.29) is 0 Å². The van der Waals surface area contributed by atoms with Crippen molar-refractivity contribution in [3.05, 3.63) is 36.0 Å². The van der Waals surface area contributed by atoms with Gasteiger partial charge in [0, 0.05) is 24.0 Å². The number of rotatable bonds is 6. The average Bonchev–Trinajstić information content (AvgIpc) is 2.61. The van der Waals surface area contributed by atoms with E-state index in [0.29, 0.717) is 11.8 Å². The molecule has 0 radical (unpaired) electrons. The topological polar surface area (TPSA) is 54.4 Å². The third kappa shape index (κ3) is 4.31. The van der Waals surface area contributed by atoms with Gasteiger partial charge >= 0.3 is 0 Å². The van der Waals surface area contributed by atoms with Gasteiger partial charge in [-0.3, -0.25) is 4.98 Å². The second kappa shape index (κ2) is 7.71. The highest BCUT2D eigenvalue weighted by atomic mass is 16.5. The molecule has 1 aliphatic rings. The summed E-state index contributed by atoms with van der Waals surface area (Å²) in [4.78, 5) is 4.46. The van der Waals surface area contributed by atoms with E-state index in [4.69, 9.17) is 4.74 Å². The lowest BCUT2D eigenvalue weighted by atomic mass is 9.74. The van der Waals surface area contributed by atoms with Crippen molar-refractivity contribution in [3.8, 4) is 5.75 Å². The van der Waals surface area contributed by atoms with Crippen molar-refractivity contribution in [3.63, 3.8) is 0 Å². The molecule has 0 spiro atoms. The molecular weight excluding hydrogens is 312 g/mol. The van der Waals surface area contributed by atoms with Crippen molar-refractivity contribution in [2.24, 2.45) is 11.8 Å². The van der Waals surface area contributed by atoms with E-state index >= 15 is 0 Å². The van der Waals surface area contributed by atoms with Gasteiger partial charge in [-0.05, 0) is 81.8 Å². The quantitative estimate of drug-likeness (QED) is 0.843. The number of ether oxygens (including phenoxy) is 1. The van der Waals surface area contributed by atoms with Crippen LogP contribution in [0.3, 0.4) is 0 Å². The number of benzene rings is 1. The van der Waals surface area contributed by atoms with Crippen LogP contribution in [0, 0.1) is 11.8 Å². The summed E-state index contributed by atoms with van der Waals surface area (Å²) in [7, 11) is 1.70. The van der Waals surface area contributed by atoms with E-state index in [1.54, 1.807) is 7.11 Å². The molecule has 0 saturated carbocycles. The fraction of sp³-hybridized carbons (Fsp3) is 0.571. The van der Waals surface area contributed by atoms with Crippen LogP contribution in [0.1, 0.15) is 38.7 Å². The number of nitrogens with zero attached hydrogens (tertiary/aromatic N) is 1. The van der Waals surface area contributed by atoms with E-state index in [0.717, 1.165) is 50.0 Å². The largest absolute Gasteiger partial charge is 0.497 e. The fourth-order valence-electron chi connectivity index (χ4n) is 4.17. The number of aryl methyl sites for hydroxylation is 1. The molecule has 0 aliphatic carbocycles. The molecule has 4 heteroatoms. The van der Waals surface area contributed by atoms with Gasteiger partial charge in [0.15, 0.2) is 0 Å². The molecule has 1 aliphatic heterocycles. The molecule has 0 amide bonds. The molecule has 0 unspecified atom stereocenters. The Balaban J connectivity index is 1.68. The lowest BCUT2D eigenvalue weighted by molar-refractivity contribution is -0.0226. The summed E-state index contributed by atoms with van der Waals surface area (Å²) in [6.45, 7) is 5.87.